The molecule has 2 aromatic carbocycles. The maximum Gasteiger partial charge on any atom is 0.169 e. The standard InChI is InChI=1S/C23H24N2O2/c1-26-22-8-4-5-9-23(22)27-21-12-10-19(11-13-21)24-16-18-14-15-25(17-18)20-6-2-3-7-20/h4-5,8-17,20H,2-3,6-7H2,1H3. The molecule has 1 fully saturated rings. The van der Waals surface area contributed by atoms with E-state index in [1.807, 2.05) is 54.7 Å². The molecule has 1 aliphatic carbocycles. The summed E-state index contributed by atoms with van der Waals surface area (Å²) < 4.78 is 13.5. The Kier molecular flexibility index (Phi) is 5.24. The molecule has 0 N–H and O–H groups in total. The van der Waals surface area contributed by atoms with E-state index in [4.69, 9.17) is 9.47 Å². The van der Waals surface area contributed by atoms with Gasteiger partial charge in [0.2, 0.25) is 0 Å². The van der Waals surface area contributed by atoms with Gasteiger partial charge in [-0.15, -0.1) is 0 Å². The van der Waals surface area contributed by atoms with Crippen LogP contribution >= 0.6 is 0 Å². The summed E-state index contributed by atoms with van der Waals surface area (Å²) in [6.45, 7) is 0. The van der Waals surface area contributed by atoms with Crippen LogP contribution in [0.25, 0.3) is 0 Å². The molecule has 1 aromatic heterocycles. The molecule has 4 nitrogen and oxygen atoms in total. The Morgan fingerprint density at radius 1 is 0.963 bits per heavy atom. The molecule has 0 unspecified atom stereocenters. The van der Waals surface area contributed by atoms with E-state index < -0.39 is 0 Å². The fourth-order valence-corrected chi connectivity index (χ4v) is 3.52. The Bertz CT molecular complexity index is 906. The average molecular weight is 360 g/mol. The Morgan fingerprint density at radius 2 is 1.70 bits per heavy atom. The van der Waals surface area contributed by atoms with Crippen molar-refractivity contribution in [2.45, 2.75) is 31.7 Å². The second-order valence-corrected chi connectivity index (χ2v) is 6.84. The van der Waals surface area contributed by atoms with Crippen LogP contribution in [0.4, 0.5) is 5.69 Å². The molecule has 4 heteroatoms. The highest BCUT2D eigenvalue weighted by Gasteiger charge is 2.15. The smallest absolute Gasteiger partial charge is 0.169 e. The first-order valence-electron chi connectivity index (χ1n) is 9.44. The van der Waals surface area contributed by atoms with Gasteiger partial charge in [-0.3, -0.25) is 4.99 Å². The highest BCUT2D eigenvalue weighted by atomic mass is 16.5. The predicted octanol–water partition coefficient (Wildman–Crippen LogP) is 6.15. The third-order valence-electron chi connectivity index (χ3n) is 4.98. The molecule has 27 heavy (non-hydrogen) atoms. The molecule has 0 aliphatic heterocycles. The first-order valence-corrected chi connectivity index (χ1v) is 9.44. The van der Waals surface area contributed by atoms with Crippen LogP contribution in [0.5, 0.6) is 17.2 Å². The van der Waals surface area contributed by atoms with Crippen molar-refractivity contribution in [3.63, 3.8) is 0 Å². The van der Waals surface area contributed by atoms with Gasteiger partial charge in [-0.2, -0.15) is 0 Å². The number of para-hydroxylation sites is 2. The van der Waals surface area contributed by atoms with Crippen LogP contribution in [0.1, 0.15) is 37.3 Å². The van der Waals surface area contributed by atoms with E-state index in [1.165, 1.54) is 25.7 Å². The number of aromatic nitrogens is 1. The van der Waals surface area contributed by atoms with Gasteiger partial charge in [-0.05, 0) is 55.3 Å². The number of rotatable bonds is 6. The first kappa shape index (κ1) is 17.4. The molecule has 3 aromatic rings. The number of benzene rings is 2. The second-order valence-electron chi connectivity index (χ2n) is 6.84. The molecule has 0 atom stereocenters. The van der Waals surface area contributed by atoms with Gasteiger partial charge in [0.15, 0.2) is 11.5 Å². The van der Waals surface area contributed by atoms with Crippen molar-refractivity contribution in [1.29, 1.82) is 0 Å². The molecule has 0 spiro atoms. The summed E-state index contributed by atoms with van der Waals surface area (Å²) in [5.41, 5.74) is 2.03. The van der Waals surface area contributed by atoms with E-state index in [0.29, 0.717) is 17.5 Å². The minimum absolute atomic E-state index is 0.665. The van der Waals surface area contributed by atoms with E-state index in [2.05, 4.69) is 28.0 Å². The summed E-state index contributed by atoms with van der Waals surface area (Å²) >= 11 is 0. The minimum Gasteiger partial charge on any atom is -0.493 e. The van der Waals surface area contributed by atoms with Gasteiger partial charge < -0.3 is 14.0 Å². The Balaban J connectivity index is 1.41. The lowest BCUT2D eigenvalue weighted by atomic mass is 10.2. The van der Waals surface area contributed by atoms with Crippen LogP contribution in [0.15, 0.2) is 72.0 Å². The lowest BCUT2D eigenvalue weighted by molar-refractivity contribution is 0.379. The summed E-state index contributed by atoms with van der Waals surface area (Å²) in [7, 11) is 1.64. The molecule has 1 heterocycles. The quantitative estimate of drug-likeness (QED) is 0.494. The van der Waals surface area contributed by atoms with Crippen molar-refractivity contribution >= 4 is 11.9 Å². The Morgan fingerprint density at radius 3 is 2.44 bits per heavy atom. The largest absolute Gasteiger partial charge is 0.493 e. The zero-order valence-electron chi connectivity index (χ0n) is 15.5. The van der Waals surface area contributed by atoms with Crippen LogP contribution in [0, 0.1) is 0 Å². The van der Waals surface area contributed by atoms with Gasteiger partial charge >= 0.3 is 0 Å². The SMILES string of the molecule is COc1ccccc1Oc1ccc(N=Cc2ccn(C3CCCC3)c2)cc1. The molecule has 0 bridgehead atoms. The molecular weight excluding hydrogens is 336 g/mol. The topological polar surface area (TPSA) is 35.8 Å². The van der Waals surface area contributed by atoms with Gasteiger partial charge in [0.25, 0.3) is 0 Å². The average Bonchev–Trinajstić information content (AvgIpc) is 3.40. The van der Waals surface area contributed by atoms with Crippen molar-refractivity contribution < 1.29 is 9.47 Å². The number of ether oxygens (including phenoxy) is 2. The van der Waals surface area contributed by atoms with Gasteiger partial charge in [0.1, 0.15) is 5.75 Å². The van der Waals surface area contributed by atoms with E-state index >= 15 is 0 Å². The summed E-state index contributed by atoms with van der Waals surface area (Å²) in [5, 5.41) is 0. The number of hydrogen-bond donors (Lipinski definition) is 0. The summed E-state index contributed by atoms with van der Waals surface area (Å²) in [6.07, 6.45) is 11.5. The summed E-state index contributed by atoms with van der Waals surface area (Å²) in [4.78, 5) is 4.58. The van der Waals surface area contributed by atoms with Crippen LogP contribution in [0.2, 0.25) is 0 Å². The van der Waals surface area contributed by atoms with E-state index in [1.54, 1.807) is 7.11 Å². The van der Waals surface area contributed by atoms with Crippen molar-refractivity contribution in [2.75, 3.05) is 7.11 Å². The molecule has 4 rings (SSSR count). The number of hydrogen-bond acceptors (Lipinski definition) is 3. The van der Waals surface area contributed by atoms with Crippen LogP contribution in [0.3, 0.4) is 0 Å². The highest BCUT2D eigenvalue weighted by molar-refractivity contribution is 5.81. The molecule has 138 valence electrons. The molecule has 1 saturated carbocycles. The third-order valence-corrected chi connectivity index (χ3v) is 4.98. The molecule has 0 amide bonds. The molecule has 1 aliphatic rings. The van der Waals surface area contributed by atoms with E-state index in [-0.39, 0.29) is 0 Å². The fraction of sp³-hybridized carbons (Fsp3) is 0.261. The van der Waals surface area contributed by atoms with Crippen molar-refractivity contribution in [3.05, 3.63) is 72.6 Å². The number of methoxy groups -OCH3 is 1. The van der Waals surface area contributed by atoms with Crippen LogP contribution in [-0.2, 0) is 0 Å². The number of aliphatic imine (C=N–C) groups is 1. The Labute approximate surface area is 160 Å². The van der Waals surface area contributed by atoms with Crippen LogP contribution < -0.4 is 9.47 Å². The second kappa shape index (κ2) is 8.12. The van der Waals surface area contributed by atoms with Gasteiger partial charge in [0, 0.05) is 30.2 Å². The minimum atomic E-state index is 0.665. The highest BCUT2D eigenvalue weighted by Crippen LogP contribution is 2.32. The zero-order chi connectivity index (χ0) is 18.5. The van der Waals surface area contributed by atoms with Gasteiger partial charge in [-0.25, -0.2) is 0 Å². The van der Waals surface area contributed by atoms with Crippen molar-refractivity contribution in [3.8, 4) is 17.2 Å². The van der Waals surface area contributed by atoms with E-state index in [0.717, 1.165) is 17.0 Å². The third kappa shape index (κ3) is 4.22. The lowest BCUT2D eigenvalue weighted by Gasteiger charge is -2.10. The summed E-state index contributed by atoms with van der Waals surface area (Å²) in [5.74, 6) is 2.17. The van der Waals surface area contributed by atoms with Crippen LogP contribution in [-0.4, -0.2) is 17.9 Å². The number of nitrogens with zero attached hydrogens (tertiary/aromatic N) is 2. The van der Waals surface area contributed by atoms with E-state index in [9.17, 15) is 0 Å². The maximum absolute atomic E-state index is 5.90. The normalized spacial score (nSPS) is 14.7. The summed E-state index contributed by atoms with van der Waals surface area (Å²) in [6, 6.07) is 18.2. The lowest BCUT2D eigenvalue weighted by Crippen LogP contribution is -2.00. The fourth-order valence-electron chi connectivity index (χ4n) is 3.52. The van der Waals surface area contributed by atoms with Gasteiger partial charge in [-0.1, -0.05) is 25.0 Å². The molecule has 0 saturated heterocycles. The molecular formula is C23H24N2O2. The monoisotopic (exact) mass is 360 g/mol. The maximum atomic E-state index is 5.90. The predicted molar refractivity (Wildman–Crippen MR) is 109 cm³/mol. The molecule has 0 radical (unpaired) electrons. The van der Waals surface area contributed by atoms with Crippen molar-refractivity contribution in [2.24, 2.45) is 4.99 Å². The van der Waals surface area contributed by atoms with Gasteiger partial charge in [0.05, 0.1) is 12.8 Å². The zero-order valence-corrected chi connectivity index (χ0v) is 15.5. The first-order chi connectivity index (χ1) is 13.3. The Hall–Kier alpha value is -3.01. The van der Waals surface area contributed by atoms with Crippen molar-refractivity contribution in [1.82, 2.24) is 4.57 Å².